The van der Waals surface area contributed by atoms with Gasteiger partial charge in [-0.25, -0.2) is 4.79 Å². The van der Waals surface area contributed by atoms with Crippen LogP contribution >= 0.6 is 0 Å². The zero-order chi connectivity index (χ0) is 16.5. The molecule has 0 N–H and O–H groups in total. The molecule has 1 aliphatic carbocycles. The zero-order valence-corrected chi connectivity index (χ0v) is 13.6. The van der Waals surface area contributed by atoms with Crippen molar-refractivity contribution in [2.75, 3.05) is 13.2 Å². The molecule has 1 unspecified atom stereocenters. The lowest BCUT2D eigenvalue weighted by molar-refractivity contribution is -0.156. The summed E-state index contributed by atoms with van der Waals surface area (Å²) in [4.78, 5) is 12.0. The highest BCUT2D eigenvalue weighted by Crippen LogP contribution is 2.27. The van der Waals surface area contributed by atoms with E-state index in [-0.39, 0.29) is 25.3 Å². The van der Waals surface area contributed by atoms with Crippen LogP contribution < -0.4 is 4.74 Å². The molecule has 0 radical (unpaired) electrons. The van der Waals surface area contributed by atoms with Crippen LogP contribution in [0.4, 0.5) is 0 Å². The van der Waals surface area contributed by atoms with E-state index < -0.39 is 6.10 Å². The maximum Gasteiger partial charge on any atom is 0.332 e. The van der Waals surface area contributed by atoms with Crippen LogP contribution in [0.1, 0.15) is 50.7 Å². The zero-order valence-electron chi connectivity index (χ0n) is 13.6. The summed E-state index contributed by atoms with van der Waals surface area (Å²) in [5, 5.41) is 0. The number of benzene rings is 1. The second-order valence-corrected chi connectivity index (χ2v) is 5.73. The van der Waals surface area contributed by atoms with Crippen LogP contribution in [0.3, 0.4) is 0 Å². The van der Waals surface area contributed by atoms with E-state index in [0.717, 1.165) is 18.4 Å². The van der Waals surface area contributed by atoms with Gasteiger partial charge in [0.1, 0.15) is 25.1 Å². The molecule has 0 bridgehead atoms. The molecule has 0 saturated heterocycles. The number of esters is 1. The Bertz CT molecular complexity index is 541. The van der Waals surface area contributed by atoms with Gasteiger partial charge >= 0.3 is 5.97 Å². The molecule has 1 atom stereocenters. The molecular formula is C19H24O4. The summed E-state index contributed by atoms with van der Waals surface area (Å²) in [5.41, 5.74) is 0.800. The Balaban J connectivity index is 1.84. The monoisotopic (exact) mass is 316 g/mol. The number of carbonyl (C=O) groups excluding carboxylic acids is 1. The highest BCUT2D eigenvalue weighted by Gasteiger charge is 2.19. The molecule has 0 heterocycles. The average Bonchev–Trinajstić information content (AvgIpc) is 2.59. The number of hydrogen-bond acceptors (Lipinski definition) is 4. The molecular weight excluding hydrogens is 292 g/mol. The van der Waals surface area contributed by atoms with E-state index in [1.165, 1.54) is 19.3 Å². The Morgan fingerprint density at radius 2 is 2.04 bits per heavy atom. The fraction of sp³-hybridized carbons (Fsp3) is 0.526. The Morgan fingerprint density at radius 3 is 2.78 bits per heavy atom. The van der Waals surface area contributed by atoms with Crippen LogP contribution in [-0.4, -0.2) is 25.3 Å². The molecule has 4 heteroatoms. The molecule has 1 saturated carbocycles. The van der Waals surface area contributed by atoms with Crippen LogP contribution in [0.25, 0.3) is 0 Å². The molecule has 0 aliphatic heterocycles. The maximum absolute atomic E-state index is 12.0. The van der Waals surface area contributed by atoms with Gasteiger partial charge in [0.15, 0.2) is 0 Å². The van der Waals surface area contributed by atoms with Crippen molar-refractivity contribution < 1.29 is 19.0 Å². The molecule has 1 aromatic carbocycles. The van der Waals surface area contributed by atoms with Crippen molar-refractivity contribution in [1.82, 2.24) is 0 Å². The van der Waals surface area contributed by atoms with Crippen molar-refractivity contribution in [3.05, 3.63) is 29.8 Å². The molecule has 4 nitrogen and oxygen atoms in total. The van der Waals surface area contributed by atoms with E-state index in [1.807, 2.05) is 31.2 Å². The Labute approximate surface area is 138 Å². The van der Waals surface area contributed by atoms with Gasteiger partial charge in [-0.1, -0.05) is 43.4 Å². The van der Waals surface area contributed by atoms with Gasteiger partial charge < -0.3 is 14.2 Å². The van der Waals surface area contributed by atoms with Gasteiger partial charge in [0.05, 0.1) is 6.10 Å². The normalized spacial score (nSPS) is 16.3. The van der Waals surface area contributed by atoms with Gasteiger partial charge in [0, 0.05) is 5.56 Å². The predicted octanol–water partition coefficient (Wildman–Crippen LogP) is 3.65. The third kappa shape index (κ3) is 5.61. The first-order valence-electron chi connectivity index (χ1n) is 8.17. The summed E-state index contributed by atoms with van der Waals surface area (Å²) >= 11 is 0. The number of carbonyl (C=O) groups is 1. The standard InChI is InChI=1S/C19H24O4/c1-3-13-21-18-12-8-7-11-17(18)15(2)23-19(20)14-22-16-9-5-4-6-10-16/h1,7-8,11-12,15-16H,4-6,9-10,13-14H2,2H3. The molecule has 23 heavy (non-hydrogen) atoms. The molecule has 0 aromatic heterocycles. The largest absolute Gasteiger partial charge is 0.481 e. The topological polar surface area (TPSA) is 44.8 Å². The first-order chi connectivity index (χ1) is 11.2. The molecule has 1 aliphatic rings. The van der Waals surface area contributed by atoms with E-state index in [9.17, 15) is 4.79 Å². The predicted molar refractivity (Wildman–Crippen MR) is 88.1 cm³/mol. The summed E-state index contributed by atoms with van der Waals surface area (Å²) in [6.07, 6.45) is 10.7. The Kier molecular flexibility index (Phi) is 6.96. The van der Waals surface area contributed by atoms with Gasteiger partial charge in [-0.05, 0) is 25.8 Å². The van der Waals surface area contributed by atoms with Gasteiger partial charge in [-0.2, -0.15) is 0 Å². The average molecular weight is 316 g/mol. The van der Waals surface area contributed by atoms with Crippen molar-refractivity contribution in [2.24, 2.45) is 0 Å². The number of para-hydroxylation sites is 1. The maximum atomic E-state index is 12.0. The number of terminal acetylenes is 1. The lowest BCUT2D eigenvalue weighted by atomic mass is 9.98. The van der Waals surface area contributed by atoms with Gasteiger partial charge in [-0.15, -0.1) is 6.42 Å². The molecule has 1 fully saturated rings. The first-order valence-corrected chi connectivity index (χ1v) is 8.17. The van der Waals surface area contributed by atoms with Crippen LogP contribution in [0.5, 0.6) is 5.75 Å². The molecule has 2 rings (SSSR count). The van der Waals surface area contributed by atoms with E-state index in [2.05, 4.69) is 5.92 Å². The minimum atomic E-state index is -0.411. The minimum absolute atomic E-state index is 0.00237. The first kappa shape index (κ1) is 17.4. The van der Waals surface area contributed by atoms with Crippen LogP contribution in [0.15, 0.2) is 24.3 Å². The summed E-state index contributed by atoms with van der Waals surface area (Å²) in [7, 11) is 0. The Hall–Kier alpha value is -1.99. The third-order valence-electron chi connectivity index (χ3n) is 3.97. The van der Waals surface area contributed by atoms with E-state index in [4.69, 9.17) is 20.6 Å². The smallest absolute Gasteiger partial charge is 0.332 e. The molecule has 0 amide bonds. The second-order valence-electron chi connectivity index (χ2n) is 5.73. The quantitative estimate of drug-likeness (QED) is 0.569. The molecule has 0 spiro atoms. The third-order valence-corrected chi connectivity index (χ3v) is 3.97. The lowest BCUT2D eigenvalue weighted by Crippen LogP contribution is -2.23. The van der Waals surface area contributed by atoms with E-state index in [0.29, 0.717) is 5.75 Å². The lowest BCUT2D eigenvalue weighted by Gasteiger charge is -2.22. The summed E-state index contributed by atoms with van der Waals surface area (Å²) in [5.74, 6) is 2.72. The van der Waals surface area contributed by atoms with E-state index in [1.54, 1.807) is 0 Å². The van der Waals surface area contributed by atoms with Crippen molar-refractivity contribution >= 4 is 5.97 Å². The van der Waals surface area contributed by atoms with Crippen LogP contribution in [0, 0.1) is 12.3 Å². The van der Waals surface area contributed by atoms with E-state index >= 15 is 0 Å². The summed E-state index contributed by atoms with van der Waals surface area (Å²) < 4.78 is 16.6. The molecule has 1 aromatic rings. The summed E-state index contributed by atoms with van der Waals surface area (Å²) in [6, 6.07) is 7.42. The number of rotatable bonds is 7. The van der Waals surface area contributed by atoms with Gasteiger partial charge in [0.25, 0.3) is 0 Å². The highest BCUT2D eigenvalue weighted by atomic mass is 16.6. The number of ether oxygens (including phenoxy) is 3. The fourth-order valence-corrected chi connectivity index (χ4v) is 2.78. The van der Waals surface area contributed by atoms with Gasteiger partial charge in [-0.3, -0.25) is 0 Å². The minimum Gasteiger partial charge on any atom is -0.481 e. The summed E-state index contributed by atoms with van der Waals surface area (Å²) in [6.45, 7) is 2.00. The SMILES string of the molecule is C#CCOc1ccccc1C(C)OC(=O)COC1CCCCC1. The van der Waals surface area contributed by atoms with Crippen molar-refractivity contribution in [3.8, 4) is 18.1 Å². The molecule has 124 valence electrons. The van der Waals surface area contributed by atoms with Crippen molar-refractivity contribution in [2.45, 2.75) is 51.2 Å². The van der Waals surface area contributed by atoms with Crippen molar-refractivity contribution in [3.63, 3.8) is 0 Å². The highest BCUT2D eigenvalue weighted by molar-refractivity contribution is 5.71. The van der Waals surface area contributed by atoms with Gasteiger partial charge in [0.2, 0.25) is 0 Å². The van der Waals surface area contributed by atoms with Crippen LogP contribution in [-0.2, 0) is 14.3 Å². The number of hydrogen-bond donors (Lipinski definition) is 0. The van der Waals surface area contributed by atoms with Crippen molar-refractivity contribution in [1.29, 1.82) is 0 Å². The second kappa shape index (κ2) is 9.22. The Morgan fingerprint density at radius 1 is 1.30 bits per heavy atom. The fourth-order valence-electron chi connectivity index (χ4n) is 2.78. The van der Waals surface area contributed by atoms with Crippen LogP contribution in [0.2, 0.25) is 0 Å².